The second kappa shape index (κ2) is 7.85. The van der Waals surface area contributed by atoms with Gasteiger partial charge in [-0.15, -0.1) is 0 Å². The van der Waals surface area contributed by atoms with Gasteiger partial charge in [0.1, 0.15) is 5.82 Å². The second-order valence-electron chi connectivity index (χ2n) is 7.74. The number of hydrogen-bond acceptors (Lipinski definition) is 5. The molecule has 1 saturated heterocycles. The average molecular weight is 417 g/mol. The number of fused-ring (bicyclic) bond motifs is 1. The van der Waals surface area contributed by atoms with E-state index >= 15 is 0 Å². The first-order valence-corrected chi connectivity index (χ1v) is 9.76. The highest BCUT2D eigenvalue weighted by atomic mass is 19.2. The van der Waals surface area contributed by atoms with E-state index in [1.807, 2.05) is 4.90 Å². The normalized spacial score (nSPS) is 19.2. The Bertz CT molecular complexity index is 1060. The summed E-state index contributed by atoms with van der Waals surface area (Å²) in [6.45, 7) is 3.63. The van der Waals surface area contributed by atoms with Gasteiger partial charge < -0.3 is 15.5 Å². The molecule has 0 saturated carbocycles. The highest BCUT2D eigenvalue weighted by Gasteiger charge is 2.35. The number of benzene rings is 1. The van der Waals surface area contributed by atoms with Crippen LogP contribution in [0.4, 0.5) is 26.2 Å². The first kappa shape index (κ1) is 20.0. The molecule has 0 unspecified atom stereocenters. The van der Waals surface area contributed by atoms with Crippen molar-refractivity contribution < 1.29 is 18.4 Å². The molecule has 4 rings (SSSR count). The number of aromatic nitrogens is 2. The molecule has 2 aliphatic rings. The molecular formula is C20H21F2N5O3. The Kier molecular flexibility index (Phi) is 5.23. The molecule has 2 amide bonds. The van der Waals surface area contributed by atoms with Crippen LogP contribution < -0.4 is 21.1 Å². The molecule has 0 radical (unpaired) electrons. The number of rotatable bonds is 3. The van der Waals surface area contributed by atoms with Gasteiger partial charge in [0, 0.05) is 31.3 Å². The van der Waals surface area contributed by atoms with Crippen molar-refractivity contribution in [3.05, 3.63) is 45.8 Å². The van der Waals surface area contributed by atoms with Gasteiger partial charge in [-0.2, -0.15) is 4.98 Å². The van der Waals surface area contributed by atoms with E-state index in [2.05, 4.69) is 27.5 Å². The summed E-state index contributed by atoms with van der Waals surface area (Å²) in [5, 5.41) is 5.00. The summed E-state index contributed by atoms with van der Waals surface area (Å²) in [6, 6.07) is 2.91. The average Bonchev–Trinajstić information content (AvgIpc) is 2.70. The highest BCUT2D eigenvalue weighted by Crippen LogP contribution is 2.31. The third-order valence-corrected chi connectivity index (χ3v) is 5.53. The minimum Gasteiger partial charge on any atom is -0.342 e. The van der Waals surface area contributed by atoms with Crippen LogP contribution in [0, 0.1) is 17.6 Å². The molecule has 0 spiro atoms. The van der Waals surface area contributed by atoms with E-state index in [1.165, 1.54) is 6.07 Å². The largest absolute Gasteiger partial charge is 0.342 e. The molecule has 2 aliphatic heterocycles. The van der Waals surface area contributed by atoms with Crippen LogP contribution >= 0.6 is 0 Å². The van der Waals surface area contributed by atoms with Gasteiger partial charge in [-0.25, -0.2) is 8.78 Å². The quantitative estimate of drug-likeness (QED) is 0.711. The van der Waals surface area contributed by atoms with Gasteiger partial charge in [0.25, 0.3) is 5.56 Å². The number of aromatic amines is 1. The van der Waals surface area contributed by atoms with Crippen LogP contribution in [0.1, 0.15) is 37.7 Å². The van der Waals surface area contributed by atoms with Crippen LogP contribution in [-0.4, -0.2) is 34.9 Å². The van der Waals surface area contributed by atoms with Crippen LogP contribution in [-0.2, 0) is 9.59 Å². The van der Waals surface area contributed by atoms with E-state index in [0.717, 1.165) is 38.1 Å². The predicted molar refractivity (Wildman–Crippen MR) is 106 cm³/mol. The van der Waals surface area contributed by atoms with Gasteiger partial charge in [0.05, 0.1) is 11.5 Å². The zero-order chi connectivity index (χ0) is 21.4. The van der Waals surface area contributed by atoms with Crippen molar-refractivity contribution in [3.8, 4) is 0 Å². The Morgan fingerprint density at radius 1 is 1.20 bits per heavy atom. The Labute approximate surface area is 170 Å². The van der Waals surface area contributed by atoms with Crippen LogP contribution in [0.5, 0.6) is 0 Å². The third kappa shape index (κ3) is 3.89. The molecule has 30 heavy (non-hydrogen) atoms. The molecule has 0 aliphatic carbocycles. The molecule has 3 N–H and O–H groups in total. The molecule has 1 aromatic carbocycles. The van der Waals surface area contributed by atoms with E-state index in [9.17, 15) is 23.2 Å². The van der Waals surface area contributed by atoms with Crippen molar-refractivity contribution in [1.29, 1.82) is 0 Å². The third-order valence-electron chi connectivity index (χ3n) is 5.53. The molecule has 1 aromatic heterocycles. The van der Waals surface area contributed by atoms with Crippen LogP contribution in [0.25, 0.3) is 0 Å². The molecular weight excluding hydrogens is 396 g/mol. The Hall–Kier alpha value is -3.30. The van der Waals surface area contributed by atoms with Crippen molar-refractivity contribution >= 4 is 29.3 Å². The summed E-state index contributed by atoms with van der Waals surface area (Å²) >= 11 is 0. The van der Waals surface area contributed by atoms with Crippen LogP contribution in [0.2, 0.25) is 0 Å². The van der Waals surface area contributed by atoms with E-state index < -0.39 is 34.9 Å². The van der Waals surface area contributed by atoms with Gasteiger partial charge in [-0.1, -0.05) is 6.92 Å². The zero-order valence-corrected chi connectivity index (χ0v) is 16.3. The van der Waals surface area contributed by atoms with Crippen molar-refractivity contribution in [2.24, 2.45) is 5.92 Å². The number of halogens is 2. The number of amides is 2. The number of H-pyrrole nitrogens is 1. The molecule has 10 heteroatoms. The van der Waals surface area contributed by atoms with Gasteiger partial charge >= 0.3 is 0 Å². The van der Waals surface area contributed by atoms with Gasteiger partial charge in [-0.3, -0.25) is 19.4 Å². The Morgan fingerprint density at radius 3 is 2.63 bits per heavy atom. The maximum Gasteiger partial charge on any atom is 0.258 e. The summed E-state index contributed by atoms with van der Waals surface area (Å²) in [4.78, 5) is 46.8. The van der Waals surface area contributed by atoms with Gasteiger partial charge in [0.2, 0.25) is 17.8 Å². The topological polar surface area (TPSA) is 107 Å². The van der Waals surface area contributed by atoms with Crippen LogP contribution in [0.15, 0.2) is 23.0 Å². The fourth-order valence-electron chi connectivity index (χ4n) is 3.76. The fourth-order valence-corrected chi connectivity index (χ4v) is 3.76. The molecule has 0 bridgehead atoms. The summed E-state index contributed by atoms with van der Waals surface area (Å²) in [7, 11) is 0. The molecule has 158 valence electrons. The first-order valence-electron chi connectivity index (χ1n) is 9.76. The van der Waals surface area contributed by atoms with Crippen molar-refractivity contribution in [2.75, 3.05) is 28.6 Å². The van der Waals surface area contributed by atoms with Crippen molar-refractivity contribution in [2.45, 2.75) is 32.1 Å². The highest BCUT2D eigenvalue weighted by molar-refractivity contribution is 6.04. The maximum atomic E-state index is 13.4. The van der Waals surface area contributed by atoms with Crippen molar-refractivity contribution in [3.63, 3.8) is 0 Å². The standard InChI is InChI=1S/C20H21F2N5O3/c1-10-4-6-27(7-5-10)20-25-17-16(19(30)26-20)12(9-15(28)24-17)18(29)23-11-2-3-13(21)14(22)8-11/h2-3,8,10,12H,4-7,9H2,1H3,(H,23,29)(H2,24,25,26,28,30)/t12-/m1/s1. The lowest BCUT2D eigenvalue weighted by atomic mass is 9.92. The van der Waals surface area contributed by atoms with Crippen molar-refractivity contribution in [1.82, 2.24) is 9.97 Å². The number of anilines is 3. The first-order chi connectivity index (χ1) is 14.3. The van der Waals surface area contributed by atoms with E-state index in [1.54, 1.807) is 0 Å². The predicted octanol–water partition coefficient (Wildman–Crippen LogP) is 2.35. The molecule has 3 heterocycles. The minimum atomic E-state index is -1.12. The lowest BCUT2D eigenvalue weighted by molar-refractivity contribution is -0.123. The van der Waals surface area contributed by atoms with Crippen LogP contribution in [0.3, 0.4) is 0 Å². The van der Waals surface area contributed by atoms with Gasteiger partial charge in [-0.05, 0) is 30.9 Å². The molecule has 8 nitrogen and oxygen atoms in total. The van der Waals surface area contributed by atoms with E-state index in [4.69, 9.17) is 0 Å². The molecule has 2 aromatic rings. The number of hydrogen-bond donors (Lipinski definition) is 3. The fraction of sp³-hybridized carbons (Fsp3) is 0.400. The number of nitrogens with one attached hydrogen (secondary N) is 3. The zero-order valence-electron chi connectivity index (χ0n) is 16.3. The monoisotopic (exact) mass is 417 g/mol. The second-order valence-corrected chi connectivity index (χ2v) is 7.74. The molecule has 1 atom stereocenters. The number of carbonyl (C=O) groups is 2. The van der Waals surface area contributed by atoms with E-state index in [-0.39, 0.29) is 23.5 Å². The summed E-state index contributed by atoms with van der Waals surface area (Å²) in [5.74, 6) is -3.40. The smallest absolute Gasteiger partial charge is 0.258 e. The summed E-state index contributed by atoms with van der Waals surface area (Å²) in [5.41, 5.74) is -0.447. The van der Waals surface area contributed by atoms with E-state index in [0.29, 0.717) is 11.9 Å². The maximum absolute atomic E-state index is 13.4. The SMILES string of the molecule is CC1CCN(c2nc3c(c(=O)[nH]2)[C@H](C(=O)Nc2ccc(F)c(F)c2)CC(=O)N3)CC1. The Balaban J connectivity index is 1.62. The van der Waals surface area contributed by atoms with Gasteiger partial charge in [0.15, 0.2) is 11.6 Å². The number of nitrogens with zero attached hydrogens (tertiary/aromatic N) is 2. The lowest BCUT2D eigenvalue weighted by Gasteiger charge is -2.31. The summed E-state index contributed by atoms with van der Waals surface area (Å²) < 4.78 is 26.5. The summed E-state index contributed by atoms with van der Waals surface area (Å²) in [6.07, 6.45) is 1.67. The lowest BCUT2D eigenvalue weighted by Crippen LogP contribution is -2.39. The minimum absolute atomic E-state index is 0.0230. The Morgan fingerprint density at radius 2 is 1.93 bits per heavy atom. The number of piperidine rings is 1. The number of carbonyl (C=O) groups excluding carboxylic acids is 2. The molecule has 1 fully saturated rings.